The van der Waals surface area contributed by atoms with Crippen molar-refractivity contribution in [3.8, 4) is 0 Å². The Balaban J connectivity index is 2.53. The summed E-state index contributed by atoms with van der Waals surface area (Å²) in [5, 5.41) is 11.8. The average Bonchev–Trinajstić information content (AvgIpc) is 2.45. The standard InChI is InChI=1S/C16H27NO6/c1-3-7-14(22-12(2)18)23-15(21)17-11-16(10-13(19)20)8-5-4-6-9-16/h14H,3-11H2,1-2H3,(H,17,21)(H,19,20). The number of carboxylic acids is 1. The Morgan fingerprint density at radius 1 is 1.17 bits per heavy atom. The number of amides is 1. The average molecular weight is 329 g/mol. The van der Waals surface area contributed by atoms with Crippen molar-refractivity contribution in [2.75, 3.05) is 6.54 Å². The lowest BCUT2D eigenvalue weighted by Crippen LogP contribution is -2.41. The Hall–Kier alpha value is -1.79. The first-order chi connectivity index (χ1) is 10.9. The van der Waals surface area contributed by atoms with E-state index in [1.807, 2.05) is 6.92 Å². The van der Waals surface area contributed by atoms with E-state index in [0.717, 1.165) is 32.1 Å². The van der Waals surface area contributed by atoms with Crippen LogP contribution in [0.2, 0.25) is 0 Å². The van der Waals surface area contributed by atoms with Crippen LogP contribution < -0.4 is 5.32 Å². The first kappa shape index (κ1) is 19.3. The molecule has 0 aromatic rings. The first-order valence-electron chi connectivity index (χ1n) is 8.20. The maximum atomic E-state index is 11.9. The van der Waals surface area contributed by atoms with E-state index in [9.17, 15) is 14.4 Å². The van der Waals surface area contributed by atoms with E-state index in [2.05, 4.69) is 5.32 Å². The smallest absolute Gasteiger partial charge is 0.410 e. The molecule has 1 unspecified atom stereocenters. The molecule has 1 rings (SSSR count). The van der Waals surface area contributed by atoms with E-state index in [-0.39, 0.29) is 13.0 Å². The van der Waals surface area contributed by atoms with Crippen LogP contribution in [0.25, 0.3) is 0 Å². The number of carbonyl (C=O) groups excluding carboxylic acids is 2. The minimum atomic E-state index is -0.903. The van der Waals surface area contributed by atoms with Gasteiger partial charge >= 0.3 is 18.0 Å². The van der Waals surface area contributed by atoms with E-state index < -0.39 is 29.7 Å². The van der Waals surface area contributed by atoms with Crippen molar-refractivity contribution in [1.82, 2.24) is 5.32 Å². The molecule has 0 spiro atoms. The summed E-state index contributed by atoms with van der Waals surface area (Å²) in [5.41, 5.74) is -0.412. The summed E-state index contributed by atoms with van der Waals surface area (Å²) in [7, 11) is 0. The molecule has 1 saturated carbocycles. The van der Waals surface area contributed by atoms with E-state index in [4.69, 9.17) is 14.6 Å². The summed E-state index contributed by atoms with van der Waals surface area (Å²) in [6.07, 6.45) is 4.17. The second-order valence-electron chi connectivity index (χ2n) is 6.22. The number of aliphatic carboxylic acids is 1. The SMILES string of the molecule is CCCC(OC(C)=O)OC(=O)NCC1(CC(=O)O)CCCCC1. The van der Waals surface area contributed by atoms with Gasteiger partial charge in [0, 0.05) is 19.9 Å². The summed E-state index contributed by atoms with van der Waals surface area (Å²) < 4.78 is 10.0. The topological polar surface area (TPSA) is 102 Å². The van der Waals surface area contributed by atoms with Crippen molar-refractivity contribution in [3.05, 3.63) is 0 Å². The third kappa shape index (κ3) is 7.34. The van der Waals surface area contributed by atoms with Gasteiger partial charge in [-0.25, -0.2) is 4.79 Å². The maximum Gasteiger partial charge on any atom is 0.410 e. The highest BCUT2D eigenvalue weighted by molar-refractivity contribution is 5.70. The van der Waals surface area contributed by atoms with E-state index in [0.29, 0.717) is 12.8 Å². The molecule has 0 bridgehead atoms. The highest BCUT2D eigenvalue weighted by Gasteiger charge is 2.35. The molecule has 0 radical (unpaired) electrons. The molecule has 23 heavy (non-hydrogen) atoms. The van der Waals surface area contributed by atoms with Gasteiger partial charge in [-0.2, -0.15) is 0 Å². The Morgan fingerprint density at radius 2 is 1.83 bits per heavy atom. The van der Waals surface area contributed by atoms with Crippen molar-refractivity contribution in [3.63, 3.8) is 0 Å². The number of carboxylic acid groups (broad SMARTS) is 1. The number of hydrogen-bond donors (Lipinski definition) is 2. The molecule has 0 heterocycles. The summed E-state index contributed by atoms with van der Waals surface area (Å²) >= 11 is 0. The minimum absolute atomic E-state index is 0.0373. The van der Waals surface area contributed by atoms with Crippen LogP contribution in [0.5, 0.6) is 0 Å². The zero-order valence-corrected chi connectivity index (χ0v) is 13.9. The highest BCUT2D eigenvalue weighted by atomic mass is 16.7. The number of esters is 1. The summed E-state index contributed by atoms with van der Waals surface area (Å²) in [6, 6.07) is 0. The summed E-state index contributed by atoms with van der Waals surface area (Å²) in [4.78, 5) is 34.0. The number of carbonyl (C=O) groups is 3. The van der Waals surface area contributed by atoms with Crippen LogP contribution in [0.15, 0.2) is 0 Å². The molecule has 2 N–H and O–H groups in total. The molecular formula is C16H27NO6. The number of alkyl carbamates (subject to hydrolysis) is 1. The largest absolute Gasteiger partial charge is 0.481 e. The molecule has 0 aliphatic heterocycles. The van der Waals surface area contributed by atoms with Gasteiger partial charge in [-0.05, 0) is 24.7 Å². The second-order valence-corrected chi connectivity index (χ2v) is 6.22. The van der Waals surface area contributed by atoms with Crippen LogP contribution in [0.3, 0.4) is 0 Å². The van der Waals surface area contributed by atoms with Gasteiger partial charge in [0.15, 0.2) is 0 Å². The molecule has 1 aliphatic carbocycles. The number of nitrogens with one attached hydrogen (secondary N) is 1. The highest BCUT2D eigenvalue weighted by Crippen LogP contribution is 2.38. The molecular weight excluding hydrogens is 302 g/mol. The van der Waals surface area contributed by atoms with Crippen molar-refractivity contribution < 1.29 is 29.0 Å². The lowest BCUT2D eigenvalue weighted by Gasteiger charge is -2.36. The van der Waals surface area contributed by atoms with Crippen molar-refractivity contribution >= 4 is 18.0 Å². The second kappa shape index (κ2) is 9.37. The third-order valence-corrected chi connectivity index (χ3v) is 4.11. The molecule has 1 atom stereocenters. The van der Waals surface area contributed by atoms with Crippen LogP contribution in [0.1, 0.15) is 65.2 Å². The van der Waals surface area contributed by atoms with Gasteiger partial charge in [-0.3, -0.25) is 9.59 Å². The zero-order chi connectivity index (χ0) is 17.3. The number of hydrogen-bond acceptors (Lipinski definition) is 5. The van der Waals surface area contributed by atoms with Crippen LogP contribution in [0, 0.1) is 5.41 Å². The van der Waals surface area contributed by atoms with Crippen molar-refractivity contribution in [1.29, 1.82) is 0 Å². The molecule has 0 aromatic carbocycles. The third-order valence-electron chi connectivity index (χ3n) is 4.11. The number of rotatable bonds is 8. The van der Waals surface area contributed by atoms with E-state index >= 15 is 0 Å². The lowest BCUT2D eigenvalue weighted by atomic mass is 9.72. The molecule has 0 aromatic heterocycles. The van der Waals surface area contributed by atoms with Crippen LogP contribution in [-0.4, -0.2) is 36.0 Å². The Morgan fingerprint density at radius 3 is 2.35 bits per heavy atom. The zero-order valence-electron chi connectivity index (χ0n) is 13.9. The molecule has 1 fully saturated rings. The molecule has 132 valence electrons. The molecule has 0 saturated heterocycles. The van der Waals surface area contributed by atoms with Gasteiger partial charge in [0.2, 0.25) is 6.29 Å². The van der Waals surface area contributed by atoms with Crippen LogP contribution >= 0.6 is 0 Å². The van der Waals surface area contributed by atoms with Gasteiger partial charge in [0.05, 0.1) is 6.42 Å². The van der Waals surface area contributed by atoms with Gasteiger partial charge < -0.3 is 19.9 Å². The monoisotopic (exact) mass is 329 g/mol. The molecule has 1 aliphatic rings. The minimum Gasteiger partial charge on any atom is -0.481 e. The maximum absolute atomic E-state index is 11.9. The molecule has 7 heteroatoms. The van der Waals surface area contributed by atoms with E-state index in [1.54, 1.807) is 0 Å². The Kier molecular flexibility index (Phi) is 7.85. The van der Waals surface area contributed by atoms with Gasteiger partial charge in [0.25, 0.3) is 0 Å². The summed E-state index contributed by atoms with van der Waals surface area (Å²) in [5.74, 6) is -1.36. The normalized spacial score (nSPS) is 17.8. The number of ether oxygens (including phenoxy) is 2. The molecule has 7 nitrogen and oxygen atoms in total. The lowest BCUT2D eigenvalue weighted by molar-refractivity contribution is -0.166. The quantitative estimate of drug-likeness (QED) is 0.524. The predicted molar refractivity (Wildman–Crippen MR) is 82.7 cm³/mol. The first-order valence-corrected chi connectivity index (χ1v) is 8.20. The van der Waals surface area contributed by atoms with Gasteiger partial charge in [0.1, 0.15) is 0 Å². The Bertz CT molecular complexity index is 417. The van der Waals surface area contributed by atoms with Crippen LogP contribution in [0.4, 0.5) is 4.79 Å². The predicted octanol–water partition coefficient (Wildman–Crippen LogP) is 2.83. The summed E-state index contributed by atoms with van der Waals surface area (Å²) in [6.45, 7) is 3.41. The fourth-order valence-corrected chi connectivity index (χ4v) is 3.02. The van der Waals surface area contributed by atoms with Crippen molar-refractivity contribution in [2.45, 2.75) is 71.5 Å². The molecule has 1 amide bonds. The van der Waals surface area contributed by atoms with Gasteiger partial charge in [-0.15, -0.1) is 0 Å². The Labute approximate surface area is 136 Å². The van der Waals surface area contributed by atoms with E-state index in [1.165, 1.54) is 6.92 Å². The fourth-order valence-electron chi connectivity index (χ4n) is 3.02. The fraction of sp³-hybridized carbons (Fsp3) is 0.812. The van der Waals surface area contributed by atoms with Crippen LogP contribution in [-0.2, 0) is 19.1 Å². The van der Waals surface area contributed by atoms with Gasteiger partial charge in [-0.1, -0.05) is 26.2 Å². The van der Waals surface area contributed by atoms with Crippen molar-refractivity contribution in [2.24, 2.45) is 5.41 Å².